The Morgan fingerprint density at radius 1 is 1.07 bits per heavy atom. The van der Waals surface area contributed by atoms with Crippen LogP contribution in [0, 0.1) is 5.92 Å². The van der Waals surface area contributed by atoms with Crippen molar-refractivity contribution in [3.8, 4) is 0 Å². The number of rotatable bonds is 2. The molecule has 1 N–H and O–H groups in total. The molecule has 1 amide bonds. The fourth-order valence-electron chi connectivity index (χ4n) is 4.67. The standard InChI is InChI=1S/C23H24N2O2/c26-23(25-11-13-27-14-12-25)17-9-10-21-20(15-17)18-7-4-8-19(18)22(24-21)16-5-2-1-3-6-16/h1-7,9-10,15,18-19,22,24H,8,11-14H2/t18-,19-,22+/m1/s1. The first-order chi connectivity index (χ1) is 13.3. The number of carbonyl (C=O) groups is 1. The van der Waals surface area contributed by atoms with Gasteiger partial charge in [0.25, 0.3) is 5.91 Å². The van der Waals surface area contributed by atoms with Gasteiger partial charge in [-0.15, -0.1) is 0 Å². The molecule has 4 heteroatoms. The van der Waals surface area contributed by atoms with Crippen LogP contribution in [0.1, 0.15) is 39.9 Å². The third kappa shape index (κ3) is 2.94. The molecule has 2 aromatic rings. The molecule has 0 unspecified atom stereocenters. The summed E-state index contributed by atoms with van der Waals surface area (Å²) in [4.78, 5) is 14.8. The Morgan fingerprint density at radius 3 is 2.70 bits per heavy atom. The highest BCUT2D eigenvalue weighted by Crippen LogP contribution is 2.49. The number of hydrogen-bond acceptors (Lipinski definition) is 3. The molecule has 0 aromatic heterocycles. The number of morpholine rings is 1. The molecule has 3 atom stereocenters. The lowest BCUT2D eigenvalue weighted by atomic mass is 9.76. The monoisotopic (exact) mass is 360 g/mol. The number of anilines is 1. The highest BCUT2D eigenvalue weighted by atomic mass is 16.5. The lowest BCUT2D eigenvalue weighted by Gasteiger charge is -2.38. The Balaban J connectivity index is 1.47. The van der Waals surface area contributed by atoms with Crippen molar-refractivity contribution in [2.24, 2.45) is 5.92 Å². The van der Waals surface area contributed by atoms with E-state index in [4.69, 9.17) is 4.74 Å². The smallest absolute Gasteiger partial charge is 0.254 e. The zero-order valence-corrected chi connectivity index (χ0v) is 15.3. The highest BCUT2D eigenvalue weighted by molar-refractivity contribution is 5.95. The normalized spacial score (nSPS) is 26.2. The summed E-state index contributed by atoms with van der Waals surface area (Å²) >= 11 is 0. The number of hydrogen-bond donors (Lipinski definition) is 1. The second-order valence-electron chi connectivity index (χ2n) is 7.59. The molecule has 1 aliphatic carbocycles. The van der Waals surface area contributed by atoms with E-state index in [1.165, 1.54) is 11.1 Å². The van der Waals surface area contributed by atoms with E-state index in [1.54, 1.807) is 0 Å². The predicted molar refractivity (Wildman–Crippen MR) is 106 cm³/mol. The van der Waals surface area contributed by atoms with Gasteiger partial charge in [0.15, 0.2) is 0 Å². The average molecular weight is 360 g/mol. The summed E-state index contributed by atoms with van der Waals surface area (Å²) in [6, 6.07) is 17.1. The van der Waals surface area contributed by atoms with Crippen LogP contribution in [-0.2, 0) is 4.74 Å². The van der Waals surface area contributed by atoms with Crippen molar-refractivity contribution < 1.29 is 9.53 Å². The Bertz CT molecular complexity index is 871. The van der Waals surface area contributed by atoms with Crippen LogP contribution in [0.3, 0.4) is 0 Å². The summed E-state index contributed by atoms with van der Waals surface area (Å²) in [5.74, 6) is 0.974. The lowest BCUT2D eigenvalue weighted by Crippen LogP contribution is -2.40. The van der Waals surface area contributed by atoms with Crippen LogP contribution < -0.4 is 5.32 Å². The number of amides is 1. The Labute approximate surface area is 159 Å². The van der Waals surface area contributed by atoms with Crippen molar-refractivity contribution in [1.82, 2.24) is 4.90 Å². The van der Waals surface area contributed by atoms with E-state index >= 15 is 0 Å². The van der Waals surface area contributed by atoms with Crippen LogP contribution in [-0.4, -0.2) is 37.1 Å². The van der Waals surface area contributed by atoms with Crippen molar-refractivity contribution >= 4 is 11.6 Å². The summed E-state index contributed by atoms with van der Waals surface area (Å²) in [6.07, 6.45) is 5.68. The second-order valence-corrected chi connectivity index (χ2v) is 7.59. The summed E-state index contributed by atoms with van der Waals surface area (Å²) in [5.41, 5.74) is 4.51. The molecule has 0 saturated carbocycles. The van der Waals surface area contributed by atoms with Crippen LogP contribution in [0.5, 0.6) is 0 Å². The maximum absolute atomic E-state index is 12.9. The zero-order chi connectivity index (χ0) is 18.2. The molecule has 2 aromatic carbocycles. The largest absolute Gasteiger partial charge is 0.378 e. The quantitative estimate of drug-likeness (QED) is 0.824. The van der Waals surface area contributed by atoms with Gasteiger partial charge in [0.05, 0.1) is 19.3 Å². The molecule has 3 aliphatic rings. The summed E-state index contributed by atoms with van der Waals surface area (Å²) in [5, 5.41) is 3.75. The van der Waals surface area contributed by atoms with Crippen molar-refractivity contribution in [2.75, 3.05) is 31.6 Å². The Kier molecular flexibility index (Phi) is 4.21. The topological polar surface area (TPSA) is 41.6 Å². The van der Waals surface area contributed by atoms with Crippen molar-refractivity contribution in [2.45, 2.75) is 18.4 Å². The SMILES string of the molecule is O=C(c1ccc2c(c1)[C@@H]1C=CC[C@H]1[C@H](c1ccccc1)N2)N1CCOCC1. The molecular formula is C23H24N2O2. The maximum Gasteiger partial charge on any atom is 0.254 e. The molecule has 0 radical (unpaired) electrons. The number of fused-ring (bicyclic) bond motifs is 3. The number of carbonyl (C=O) groups excluding carboxylic acids is 1. The second kappa shape index (κ2) is 6.86. The van der Waals surface area contributed by atoms with Crippen LogP contribution >= 0.6 is 0 Å². The number of benzene rings is 2. The van der Waals surface area contributed by atoms with Gasteiger partial charge in [0.2, 0.25) is 0 Å². The molecule has 5 rings (SSSR count). The molecule has 138 valence electrons. The Hall–Kier alpha value is -2.59. The fourth-order valence-corrected chi connectivity index (χ4v) is 4.67. The van der Waals surface area contributed by atoms with Crippen LogP contribution in [0.2, 0.25) is 0 Å². The van der Waals surface area contributed by atoms with Gasteiger partial charge in [-0.25, -0.2) is 0 Å². The molecule has 0 spiro atoms. The molecule has 1 saturated heterocycles. The average Bonchev–Trinajstić information content (AvgIpc) is 3.24. The predicted octanol–water partition coefficient (Wildman–Crippen LogP) is 3.99. The van der Waals surface area contributed by atoms with Gasteiger partial charge in [-0.1, -0.05) is 42.5 Å². The molecule has 0 bridgehead atoms. The van der Waals surface area contributed by atoms with Gasteiger partial charge >= 0.3 is 0 Å². The molecule has 4 nitrogen and oxygen atoms in total. The lowest BCUT2D eigenvalue weighted by molar-refractivity contribution is 0.0303. The third-order valence-corrected chi connectivity index (χ3v) is 6.07. The first-order valence-corrected chi connectivity index (χ1v) is 9.80. The van der Waals surface area contributed by atoms with Gasteiger partial charge in [0, 0.05) is 30.3 Å². The van der Waals surface area contributed by atoms with Gasteiger partial charge in [0.1, 0.15) is 0 Å². The zero-order valence-electron chi connectivity index (χ0n) is 15.3. The first kappa shape index (κ1) is 16.6. The van der Waals surface area contributed by atoms with E-state index in [-0.39, 0.29) is 5.91 Å². The minimum atomic E-state index is 0.116. The third-order valence-electron chi connectivity index (χ3n) is 6.07. The molecule has 2 heterocycles. The Morgan fingerprint density at radius 2 is 1.89 bits per heavy atom. The molecule has 27 heavy (non-hydrogen) atoms. The highest BCUT2D eigenvalue weighted by Gasteiger charge is 2.38. The van der Waals surface area contributed by atoms with Crippen LogP contribution in [0.15, 0.2) is 60.7 Å². The van der Waals surface area contributed by atoms with E-state index in [0.29, 0.717) is 44.2 Å². The minimum Gasteiger partial charge on any atom is -0.378 e. The first-order valence-electron chi connectivity index (χ1n) is 9.80. The summed E-state index contributed by atoms with van der Waals surface area (Å²) in [6.45, 7) is 2.61. The summed E-state index contributed by atoms with van der Waals surface area (Å²) in [7, 11) is 0. The van der Waals surface area contributed by atoms with Gasteiger partial charge < -0.3 is 15.0 Å². The number of nitrogens with zero attached hydrogens (tertiary/aromatic N) is 1. The van der Waals surface area contributed by atoms with E-state index in [0.717, 1.165) is 17.7 Å². The number of ether oxygens (including phenoxy) is 1. The van der Waals surface area contributed by atoms with Crippen LogP contribution in [0.25, 0.3) is 0 Å². The number of nitrogens with one attached hydrogen (secondary N) is 1. The van der Waals surface area contributed by atoms with E-state index < -0.39 is 0 Å². The molecular weight excluding hydrogens is 336 g/mol. The molecule has 2 aliphatic heterocycles. The summed E-state index contributed by atoms with van der Waals surface area (Å²) < 4.78 is 5.37. The van der Waals surface area contributed by atoms with Crippen molar-refractivity contribution in [3.05, 3.63) is 77.4 Å². The van der Waals surface area contributed by atoms with Gasteiger partial charge in [-0.2, -0.15) is 0 Å². The van der Waals surface area contributed by atoms with Crippen molar-refractivity contribution in [3.63, 3.8) is 0 Å². The van der Waals surface area contributed by atoms with Gasteiger partial charge in [-0.3, -0.25) is 4.79 Å². The minimum absolute atomic E-state index is 0.116. The molecule has 1 fully saturated rings. The maximum atomic E-state index is 12.9. The van der Waals surface area contributed by atoms with E-state index in [1.807, 2.05) is 11.0 Å². The van der Waals surface area contributed by atoms with Crippen molar-refractivity contribution in [1.29, 1.82) is 0 Å². The fraction of sp³-hybridized carbons (Fsp3) is 0.348. The van der Waals surface area contributed by atoms with E-state index in [2.05, 4.69) is 59.9 Å². The van der Waals surface area contributed by atoms with Crippen LogP contribution in [0.4, 0.5) is 5.69 Å². The number of allylic oxidation sites excluding steroid dienone is 2. The van der Waals surface area contributed by atoms with E-state index in [9.17, 15) is 4.79 Å². The van der Waals surface area contributed by atoms with Gasteiger partial charge in [-0.05, 0) is 41.7 Å².